The van der Waals surface area contributed by atoms with Crippen LogP contribution < -0.4 is 10.6 Å². The number of hydrogen-bond acceptors (Lipinski definition) is 7. The highest BCUT2D eigenvalue weighted by Crippen LogP contribution is 2.42. The zero-order valence-electron chi connectivity index (χ0n) is 33.1. The highest BCUT2D eigenvalue weighted by atomic mass is 32.1. The van der Waals surface area contributed by atoms with E-state index >= 15 is 0 Å². The molecule has 2 heterocycles. The number of benzene rings is 1. The summed E-state index contributed by atoms with van der Waals surface area (Å²) < 4.78 is 5.46. The van der Waals surface area contributed by atoms with Gasteiger partial charge < -0.3 is 15.4 Å². The number of hydrogen-bond donors (Lipinski definition) is 2. The van der Waals surface area contributed by atoms with Crippen molar-refractivity contribution in [1.29, 1.82) is 0 Å². The smallest absolute Gasteiger partial charge is 0.328 e. The summed E-state index contributed by atoms with van der Waals surface area (Å²) in [7, 11) is 0. The third kappa shape index (κ3) is 11.3. The number of esters is 1. The molecule has 0 bridgehead atoms. The van der Waals surface area contributed by atoms with Gasteiger partial charge in [0.1, 0.15) is 17.7 Å². The first-order valence-electron chi connectivity index (χ1n) is 19.6. The second-order valence-electron chi connectivity index (χ2n) is 17.2. The van der Waals surface area contributed by atoms with E-state index < -0.39 is 29.6 Å². The van der Waals surface area contributed by atoms with Gasteiger partial charge in [0.2, 0.25) is 5.91 Å². The Labute approximate surface area is 321 Å². The minimum Gasteiger partial charge on any atom is -0.458 e. The average Bonchev–Trinajstić information content (AvgIpc) is 3.64. The van der Waals surface area contributed by atoms with Crippen LogP contribution in [0.3, 0.4) is 0 Å². The van der Waals surface area contributed by atoms with E-state index in [1.165, 1.54) is 61.9 Å². The standard InChI is InChI=1S/C44H60N4O4S/c1-9-10-29-11-15-31(16-12-29)32-19-21-33(22-20-32)35-26-45-39(46-27-35)34-17-13-30(14-18-34)25-36(40(49)47-28(2)42(51)52-44(6,7)8)48-41(50)37-23-24-38(53-37)43(3,4)5/h13-14,17-18,21,23-24,26-29,31-32,36H,9-12,15-16,19-20,22,25H2,1-8H3,(H,47,49)(H,48,50)/t28-,29?,31?,32?,36?/m1/s1. The van der Waals surface area contributed by atoms with Crippen molar-refractivity contribution in [2.45, 2.75) is 143 Å². The number of carbonyl (C=O) groups is 3. The van der Waals surface area contributed by atoms with E-state index in [9.17, 15) is 14.4 Å². The Bertz CT molecular complexity index is 1720. The van der Waals surface area contributed by atoms with Gasteiger partial charge in [0, 0.05) is 34.8 Å². The molecule has 2 N–H and O–H groups in total. The molecule has 0 radical (unpaired) electrons. The number of allylic oxidation sites excluding steroid dienone is 2. The summed E-state index contributed by atoms with van der Waals surface area (Å²) >= 11 is 1.41. The summed E-state index contributed by atoms with van der Waals surface area (Å²) in [6.07, 6.45) is 18.4. The normalized spacial score (nSPS) is 20.5. The monoisotopic (exact) mass is 740 g/mol. The number of rotatable bonds is 12. The summed E-state index contributed by atoms with van der Waals surface area (Å²) in [5, 5.41) is 5.68. The molecule has 8 nitrogen and oxygen atoms in total. The van der Waals surface area contributed by atoms with Crippen LogP contribution in [-0.4, -0.2) is 45.4 Å². The van der Waals surface area contributed by atoms with Gasteiger partial charge in [-0.2, -0.15) is 0 Å². The Kier molecular flexibility index (Phi) is 13.3. The summed E-state index contributed by atoms with van der Waals surface area (Å²) in [5.41, 5.74) is 3.38. The van der Waals surface area contributed by atoms with E-state index in [4.69, 9.17) is 14.7 Å². The van der Waals surface area contributed by atoms with Gasteiger partial charge in [-0.25, -0.2) is 14.8 Å². The van der Waals surface area contributed by atoms with Crippen molar-refractivity contribution in [3.8, 4) is 11.4 Å². The zero-order valence-corrected chi connectivity index (χ0v) is 33.9. The number of thiophene rings is 1. The van der Waals surface area contributed by atoms with Gasteiger partial charge in [-0.1, -0.05) is 83.7 Å². The molecule has 53 heavy (non-hydrogen) atoms. The lowest BCUT2D eigenvalue weighted by Crippen LogP contribution is -2.52. The van der Waals surface area contributed by atoms with E-state index in [1.807, 2.05) is 42.7 Å². The second-order valence-corrected chi connectivity index (χ2v) is 18.3. The van der Waals surface area contributed by atoms with Crippen LogP contribution in [0, 0.1) is 17.8 Å². The van der Waals surface area contributed by atoms with E-state index in [0.717, 1.165) is 52.2 Å². The first kappa shape index (κ1) is 40.3. The van der Waals surface area contributed by atoms with E-state index in [0.29, 0.717) is 10.7 Å². The lowest BCUT2D eigenvalue weighted by atomic mass is 9.70. The molecule has 1 aromatic carbocycles. The van der Waals surface area contributed by atoms with Gasteiger partial charge in [-0.15, -0.1) is 11.3 Å². The number of carbonyl (C=O) groups excluding carboxylic acids is 3. The zero-order chi connectivity index (χ0) is 38.3. The fraction of sp³-hybridized carbons (Fsp3) is 0.568. The summed E-state index contributed by atoms with van der Waals surface area (Å²) in [6.45, 7) is 15.5. The molecule has 0 saturated heterocycles. The van der Waals surface area contributed by atoms with Crippen molar-refractivity contribution < 1.29 is 19.1 Å². The molecule has 0 aliphatic heterocycles. The van der Waals surface area contributed by atoms with Crippen LogP contribution in [0.1, 0.15) is 139 Å². The molecule has 286 valence electrons. The van der Waals surface area contributed by atoms with Crippen molar-refractivity contribution in [3.63, 3.8) is 0 Å². The van der Waals surface area contributed by atoms with Crippen molar-refractivity contribution in [2.75, 3.05) is 0 Å². The first-order valence-corrected chi connectivity index (χ1v) is 20.5. The van der Waals surface area contributed by atoms with Crippen molar-refractivity contribution in [1.82, 2.24) is 20.6 Å². The van der Waals surface area contributed by atoms with Crippen LogP contribution in [0.25, 0.3) is 17.0 Å². The molecule has 3 aromatic rings. The number of ether oxygens (including phenoxy) is 1. The number of nitrogens with one attached hydrogen (secondary N) is 2. The molecule has 2 unspecified atom stereocenters. The quantitative estimate of drug-likeness (QED) is 0.179. The fourth-order valence-electron chi connectivity index (χ4n) is 7.63. The van der Waals surface area contributed by atoms with Crippen LogP contribution in [0.15, 0.2) is 54.9 Å². The van der Waals surface area contributed by atoms with Crippen LogP contribution in [0.5, 0.6) is 0 Å². The predicted molar refractivity (Wildman–Crippen MR) is 215 cm³/mol. The second kappa shape index (κ2) is 17.5. The number of nitrogens with zero attached hydrogens (tertiary/aromatic N) is 2. The fourth-order valence-corrected chi connectivity index (χ4v) is 8.60. The molecule has 0 spiro atoms. The van der Waals surface area contributed by atoms with E-state index in [2.05, 4.69) is 44.4 Å². The van der Waals surface area contributed by atoms with Gasteiger partial charge >= 0.3 is 5.97 Å². The third-order valence-corrected chi connectivity index (χ3v) is 12.2. The first-order chi connectivity index (χ1) is 25.1. The Morgan fingerprint density at radius 1 is 0.868 bits per heavy atom. The topological polar surface area (TPSA) is 110 Å². The molecule has 5 rings (SSSR count). The van der Waals surface area contributed by atoms with Gasteiger partial charge in [0.05, 0.1) is 4.88 Å². The van der Waals surface area contributed by atoms with Gasteiger partial charge in [0.25, 0.3) is 5.91 Å². The van der Waals surface area contributed by atoms with Crippen LogP contribution in [-0.2, 0) is 26.2 Å². The molecule has 2 aromatic heterocycles. The molecule has 9 heteroatoms. The third-order valence-electron chi connectivity index (χ3n) is 10.7. The molecule has 1 saturated carbocycles. The molecule has 2 aliphatic carbocycles. The largest absolute Gasteiger partial charge is 0.458 e. The highest BCUT2D eigenvalue weighted by Gasteiger charge is 2.30. The minimum absolute atomic E-state index is 0.0992. The number of amides is 2. The molecule has 3 atom stereocenters. The molecule has 2 aliphatic rings. The summed E-state index contributed by atoms with van der Waals surface area (Å²) in [4.78, 5) is 50.7. The van der Waals surface area contributed by atoms with Crippen molar-refractivity contribution >= 4 is 34.7 Å². The maximum Gasteiger partial charge on any atom is 0.328 e. The van der Waals surface area contributed by atoms with E-state index in [1.54, 1.807) is 33.8 Å². The van der Waals surface area contributed by atoms with Gasteiger partial charge in [0.15, 0.2) is 5.82 Å². The maximum atomic E-state index is 13.6. The Morgan fingerprint density at radius 2 is 1.55 bits per heavy atom. The van der Waals surface area contributed by atoms with Crippen molar-refractivity contribution in [3.05, 3.63) is 75.7 Å². The maximum absolute atomic E-state index is 13.6. The molecule has 1 fully saturated rings. The SMILES string of the molecule is CCCC1CCC(C2CC=C(c3cnc(-c4ccc(CC(NC(=O)c5ccc(C(C)(C)C)s5)C(=O)N[C@H](C)C(=O)OC(C)(C)C)cc4)nc3)CC2)CC1. The van der Waals surface area contributed by atoms with Crippen LogP contribution in [0.4, 0.5) is 0 Å². The molecular weight excluding hydrogens is 681 g/mol. The van der Waals surface area contributed by atoms with Gasteiger partial charge in [-0.05, 0) is 106 Å². The summed E-state index contributed by atoms with van der Waals surface area (Å²) in [5.74, 6) is 1.95. The van der Waals surface area contributed by atoms with Crippen LogP contribution in [0.2, 0.25) is 0 Å². The van der Waals surface area contributed by atoms with E-state index in [-0.39, 0.29) is 17.7 Å². The lowest BCUT2D eigenvalue weighted by Gasteiger charge is -2.35. The number of aromatic nitrogens is 2. The Hall–Kier alpha value is -3.85. The lowest BCUT2D eigenvalue weighted by molar-refractivity contribution is -0.158. The molecule has 2 amide bonds. The average molecular weight is 741 g/mol. The highest BCUT2D eigenvalue weighted by molar-refractivity contribution is 7.14. The van der Waals surface area contributed by atoms with Crippen molar-refractivity contribution in [2.24, 2.45) is 17.8 Å². The van der Waals surface area contributed by atoms with Crippen LogP contribution >= 0.6 is 11.3 Å². The predicted octanol–water partition coefficient (Wildman–Crippen LogP) is 9.48. The Balaban J connectivity index is 1.23. The minimum atomic E-state index is -0.923. The Morgan fingerprint density at radius 3 is 2.11 bits per heavy atom. The summed E-state index contributed by atoms with van der Waals surface area (Å²) in [6, 6.07) is 9.68. The van der Waals surface area contributed by atoms with Gasteiger partial charge in [-0.3, -0.25) is 9.59 Å². The molecular formula is C44H60N4O4S.